The van der Waals surface area contributed by atoms with Crippen molar-refractivity contribution in [3.05, 3.63) is 29.2 Å². The van der Waals surface area contributed by atoms with Crippen LogP contribution in [0.3, 0.4) is 0 Å². The summed E-state index contributed by atoms with van der Waals surface area (Å²) < 4.78 is 16.0. The first-order valence-corrected chi connectivity index (χ1v) is 17.2. The Balaban J connectivity index is 1.71. The number of hydrogen-bond acceptors (Lipinski definition) is 5. The van der Waals surface area contributed by atoms with Crippen LogP contribution >= 0.6 is 0 Å². The summed E-state index contributed by atoms with van der Waals surface area (Å²) in [7, 11) is -0.0188. The fourth-order valence-corrected chi connectivity index (χ4v) is 6.13. The van der Waals surface area contributed by atoms with Crippen molar-refractivity contribution in [2.45, 2.75) is 129 Å². The summed E-state index contributed by atoms with van der Waals surface area (Å²) in [5, 5.41) is 12.8. The number of aryl methyl sites for hydroxylation is 1. The highest BCUT2D eigenvalue weighted by Gasteiger charge is 2.41. The topological polar surface area (TPSA) is 83.2 Å². The maximum absolute atomic E-state index is 13.3. The van der Waals surface area contributed by atoms with Crippen LogP contribution < -0.4 is 5.32 Å². The third-order valence-electron chi connectivity index (χ3n) is 7.98. The van der Waals surface area contributed by atoms with Crippen LogP contribution in [0.5, 0.6) is 0 Å². The summed E-state index contributed by atoms with van der Waals surface area (Å²) in [6, 6.07) is 3.87. The van der Waals surface area contributed by atoms with Gasteiger partial charge in [-0.15, -0.1) is 0 Å². The van der Waals surface area contributed by atoms with Crippen LogP contribution in [0.2, 0.25) is 18.1 Å². The molecule has 1 fully saturated rings. The Kier molecular flexibility index (Phi) is 9.69. The third-order valence-corrected chi connectivity index (χ3v) is 12.5. The Morgan fingerprint density at radius 2 is 1.82 bits per heavy atom. The number of aromatic nitrogens is 4. The zero-order chi connectivity index (χ0) is 28.3. The number of unbranched alkanes of at least 4 members (excludes halogenated alkanes) is 2. The molecule has 1 amide bonds. The number of nitrogens with one attached hydrogen (secondary N) is 1. The highest BCUT2D eigenvalue weighted by Crippen LogP contribution is 2.43. The molecule has 3 rings (SSSR count). The van der Waals surface area contributed by atoms with Gasteiger partial charge in [0.05, 0.1) is 23.5 Å². The summed E-state index contributed by atoms with van der Waals surface area (Å²) in [6.07, 6.45) is 6.72. The Hall–Kier alpha value is -1.97. The summed E-state index contributed by atoms with van der Waals surface area (Å²) >= 11 is 0. The second-order valence-electron chi connectivity index (χ2n) is 13.4. The molecule has 0 aromatic carbocycles. The summed E-state index contributed by atoms with van der Waals surface area (Å²) in [6.45, 7) is 21.1. The maximum Gasteiger partial charge on any atom is 0.275 e. The van der Waals surface area contributed by atoms with E-state index in [2.05, 4.69) is 78.0 Å². The molecule has 9 heteroatoms. The number of rotatable bonds is 11. The number of hydrogen-bond donors (Lipinski definition) is 1. The van der Waals surface area contributed by atoms with E-state index in [4.69, 9.17) is 14.3 Å². The van der Waals surface area contributed by atoms with Gasteiger partial charge in [0.2, 0.25) is 0 Å². The number of amides is 1. The summed E-state index contributed by atoms with van der Waals surface area (Å²) in [5.41, 5.74) is 2.02. The fraction of sp³-hybridized carbons (Fsp3) is 0.759. The Morgan fingerprint density at radius 3 is 2.45 bits per heavy atom. The molecule has 2 aromatic rings. The molecule has 1 N–H and O–H groups in total. The first kappa shape index (κ1) is 30.6. The molecule has 0 aliphatic heterocycles. The average molecular weight is 546 g/mol. The minimum absolute atomic E-state index is 0.195. The van der Waals surface area contributed by atoms with Gasteiger partial charge in [0.15, 0.2) is 8.32 Å². The van der Waals surface area contributed by atoms with Gasteiger partial charge >= 0.3 is 0 Å². The van der Waals surface area contributed by atoms with Crippen molar-refractivity contribution < 1.29 is 14.0 Å². The van der Waals surface area contributed by atoms with Gasteiger partial charge in [-0.1, -0.05) is 40.5 Å². The molecule has 214 valence electrons. The Bertz CT molecular complexity index is 1080. The molecule has 1 saturated carbocycles. The van der Waals surface area contributed by atoms with Crippen molar-refractivity contribution in [2.75, 3.05) is 11.9 Å². The van der Waals surface area contributed by atoms with E-state index < -0.39 is 8.32 Å². The molecule has 2 atom stereocenters. The fourth-order valence-electron chi connectivity index (χ4n) is 4.73. The van der Waals surface area contributed by atoms with Crippen LogP contribution in [0, 0.1) is 0 Å². The lowest BCUT2D eigenvalue weighted by molar-refractivity contribution is 0.101. The van der Waals surface area contributed by atoms with Crippen LogP contribution in [0.15, 0.2) is 12.1 Å². The number of carbonyl (C=O) groups excluding carboxylic acids is 1. The predicted molar refractivity (Wildman–Crippen MR) is 156 cm³/mol. The molecule has 8 nitrogen and oxygen atoms in total. The molecule has 1 aliphatic carbocycles. The molecule has 2 heterocycles. The largest absolute Gasteiger partial charge is 0.414 e. The quantitative estimate of drug-likeness (QED) is 0.243. The molecule has 0 saturated heterocycles. The minimum Gasteiger partial charge on any atom is -0.414 e. The second-order valence-corrected chi connectivity index (χ2v) is 18.2. The standard InChI is InChI=1S/C29H51N5O3Si/c1-11-12-13-16-36-20-22-18-25(33(8)31-22)27(35)30-26-19-24(32-34(26)28(2,3)4)21-14-15-23(17-21)37-38(9,10)29(5,6)7/h18-19,21,23H,11-17,20H2,1-10H3,(H,30,35)/t21-,23+/m0/s1. The monoisotopic (exact) mass is 545 g/mol. The SMILES string of the molecule is CCCCCOCc1cc(C(=O)Nc2cc([C@H]3CC[C@@H](O[Si](C)(C)C(C)(C)C)C3)nn2C(C)(C)C)n(C)n1. The van der Waals surface area contributed by atoms with Gasteiger partial charge in [-0.2, -0.15) is 10.2 Å². The van der Waals surface area contributed by atoms with Crippen LogP contribution in [-0.2, 0) is 28.4 Å². The van der Waals surface area contributed by atoms with Crippen molar-refractivity contribution in [1.29, 1.82) is 0 Å². The zero-order valence-corrected chi connectivity index (χ0v) is 26.5. The van der Waals surface area contributed by atoms with E-state index in [1.54, 1.807) is 11.7 Å². The summed E-state index contributed by atoms with van der Waals surface area (Å²) in [4.78, 5) is 13.3. The molecule has 1 aliphatic rings. The van der Waals surface area contributed by atoms with Gasteiger partial charge in [-0.3, -0.25) is 9.48 Å². The maximum atomic E-state index is 13.3. The van der Waals surface area contributed by atoms with Crippen LogP contribution in [-0.4, -0.2) is 46.5 Å². The van der Waals surface area contributed by atoms with E-state index >= 15 is 0 Å². The molecular weight excluding hydrogens is 494 g/mol. The minimum atomic E-state index is -1.81. The van der Waals surface area contributed by atoms with E-state index in [1.165, 1.54) is 0 Å². The summed E-state index contributed by atoms with van der Waals surface area (Å²) in [5.74, 6) is 0.849. The van der Waals surface area contributed by atoms with E-state index in [1.807, 2.05) is 10.7 Å². The van der Waals surface area contributed by atoms with E-state index in [-0.39, 0.29) is 22.6 Å². The van der Waals surface area contributed by atoms with Crippen molar-refractivity contribution in [3.63, 3.8) is 0 Å². The van der Waals surface area contributed by atoms with Gasteiger partial charge in [0, 0.05) is 31.7 Å². The second kappa shape index (κ2) is 12.0. The smallest absolute Gasteiger partial charge is 0.275 e. The van der Waals surface area contributed by atoms with Crippen molar-refractivity contribution in [2.24, 2.45) is 7.05 Å². The number of nitrogens with zero attached hydrogens (tertiary/aromatic N) is 4. The number of carbonyl (C=O) groups is 1. The van der Waals surface area contributed by atoms with Crippen LogP contribution in [0.1, 0.15) is 115 Å². The van der Waals surface area contributed by atoms with Crippen LogP contribution in [0.25, 0.3) is 0 Å². The first-order chi connectivity index (χ1) is 17.6. The van der Waals surface area contributed by atoms with E-state index in [0.29, 0.717) is 30.6 Å². The van der Waals surface area contributed by atoms with Gasteiger partial charge in [0.1, 0.15) is 11.5 Å². The molecule has 0 unspecified atom stereocenters. The molecular formula is C29H51N5O3Si. The molecule has 38 heavy (non-hydrogen) atoms. The van der Waals surface area contributed by atoms with Crippen molar-refractivity contribution >= 4 is 20.0 Å². The van der Waals surface area contributed by atoms with Crippen molar-refractivity contribution in [1.82, 2.24) is 19.6 Å². The zero-order valence-electron chi connectivity index (χ0n) is 25.5. The molecule has 0 bridgehead atoms. The Labute approximate surface area is 231 Å². The highest BCUT2D eigenvalue weighted by atomic mass is 28.4. The molecule has 0 spiro atoms. The molecule has 0 radical (unpaired) electrons. The third kappa shape index (κ3) is 7.57. The predicted octanol–water partition coefficient (Wildman–Crippen LogP) is 6.99. The Morgan fingerprint density at radius 1 is 1.11 bits per heavy atom. The van der Waals surface area contributed by atoms with Crippen LogP contribution in [0.4, 0.5) is 5.82 Å². The van der Waals surface area contributed by atoms with E-state index in [9.17, 15) is 4.79 Å². The molecule has 2 aromatic heterocycles. The first-order valence-electron chi connectivity index (χ1n) is 14.3. The number of anilines is 1. The van der Waals surface area contributed by atoms with Gasteiger partial charge in [0.25, 0.3) is 5.91 Å². The van der Waals surface area contributed by atoms with E-state index in [0.717, 1.165) is 49.9 Å². The lowest BCUT2D eigenvalue weighted by Crippen LogP contribution is -2.43. The average Bonchev–Trinajstić information content (AvgIpc) is 3.50. The normalized spacial score (nSPS) is 18.8. The van der Waals surface area contributed by atoms with Gasteiger partial charge in [-0.05, 0) is 70.7 Å². The van der Waals surface area contributed by atoms with Gasteiger partial charge in [-0.25, -0.2) is 4.68 Å². The number of ether oxygens (including phenoxy) is 1. The van der Waals surface area contributed by atoms with Crippen molar-refractivity contribution in [3.8, 4) is 0 Å². The van der Waals surface area contributed by atoms with Gasteiger partial charge < -0.3 is 14.5 Å². The highest BCUT2D eigenvalue weighted by molar-refractivity contribution is 6.74. The lowest BCUT2D eigenvalue weighted by atomic mass is 10.0. The lowest BCUT2D eigenvalue weighted by Gasteiger charge is -2.38.